The van der Waals surface area contributed by atoms with Crippen LogP contribution in [-0.2, 0) is 14.2 Å². The maximum atomic E-state index is 6.64. The van der Waals surface area contributed by atoms with E-state index in [0.29, 0.717) is 24.7 Å². The van der Waals surface area contributed by atoms with Crippen LogP contribution in [0.5, 0.6) is 23.0 Å². The van der Waals surface area contributed by atoms with Gasteiger partial charge in [-0.15, -0.1) is 0 Å². The minimum atomic E-state index is -0.180. The van der Waals surface area contributed by atoms with E-state index in [0.717, 1.165) is 22.6 Å². The number of fused-ring (bicyclic) bond motifs is 1. The van der Waals surface area contributed by atoms with Gasteiger partial charge >= 0.3 is 0 Å². The molecule has 2 aliphatic rings. The normalized spacial score (nSPS) is 24.8. The molecule has 0 aromatic heterocycles. The summed E-state index contributed by atoms with van der Waals surface area (Å²) in [6, 6.07) is 11.8. The molecule has 4 rings (SSSR count). The van der Waals surface area contributed by atoms with Gasteiger partial charge in [0.05, 0.1) is 39.6 Å². The van der Waals surface area contributed by atoms with Crippen LogP contribution in [0, 0.1) is 11.8 Å². The summed E-state index contributed by atoms with van der Waals surface area (Å²) in [6.07, 6.45) is -0.349. The van der Waals surface area contributed by atoms with E-state index in [1.807, 2.05) is 36.4 Å². The topological polar surface area (TPSA) is 64.6 Å². The van der Waals surface area contributed by atoms with E-state index >= 15 is 0 Å². The summed E-state index contributed by atoms with van der Waals surface area (Å²) in [5.41, 5.74) is 2.05. The molecule has 2 heterocycles. The molecule has 0 spiro atoms. The summed E-state index contributed by atoms with van der Waals surface area (Å²) in [6.45, 7) is 1.34. The highest BCUT2D eigenvalue weighted by Crippen LogP contribution is 2.51. The quantitative estimate of drug-likeness (QED) is 0.649. The Morgan fingerprint density at radius 3 is 1.97 bits per heavy atom. The van der Waals surface area contributed by atoms with Crippen molar-refractivity contribution in [3.8, 4) is 23.0 Å². The van der Waals surface area contributed by atoms with Crippen molar-refractivity contribution in [2.45, 2.75) is 12.2 Å². The highest BCUT2D eigenvalue weighted by atomic mass is 16.7. The van der Waals surface area contributed by atoms with Gasteiger partial charge in [0, 0.05) is 26.1 Å². The van der Waals surface area contributed by atoms with Gasteiger partial charge in [0.2, 0.25) is 6.79 Å². The Bertz CT molecular complexity index is 869. The van der Waals surface area contributed by atoms with E-state index in [4.69, 9.17) is 33.2 Å². The number of rotatable bonds is 8. The minimum absolute atomic E-state index is 0.100. The molecule has 30 heavy (non-hydrogen) atoms. The van der Waals surface area contributed by atoms with Gasteiger partial charge in [-0.05, 0) is 35.4 Å². The lowest BCUT2D eigenvalue weighted by atomic mass is 9.83. The molecule has 7 nitrogen and oxygen atoms in total. The fraction of sp³-hybridized carbons (Fsp3) is 0.478. The van der Waals surface area contributed by atoms with Crippen molar-refractivity contribution in [2.24, 2.45) is 11.8 Å². The maximum Gasteiger partial charge on any atom is 0.231 e. The van der Waals surface area contributed by atoms with E-state index < -0.39 is 0 Å². The van der Waals surface area contributed by atoms with Gasteiger partial charge in [-0.2, -0.15) is 0 Å². The lowest BCUT2D eigenvalue weighted by Crippen LogP contribution is -2.25. The Morgan fingerprint density at radius 1 is 0.733 bits per heavy atom. The van der Waals surface area contributed by atoms with Crippen LogP contribution in [0.3, 0.4) is 0 Å². The van der Waals surface area contributed by atoms with Crippen LogP contribution in [0.15, 0.2) is 36.4 Å². The zero-order valence-corrected chi connectivity index (χ0v) is 17.8. The summed E-state index contributed by atoms with van der Waals surface area (Å²) in [7, 11) is 6.68. The summed E-state index contributed by atoms with van der Waals surface area (Å²) < 4.78 is 39.7. The van der Waals surface area contributed by atoms with Crippen LogP contribution in [-0.4, -0.2) is 48.4 Å². The largest absolute Gasteiger partial charge is 0.493 e. The zero-order valence-electron chi connectivity index (χ0n) is 17.8. The molecule has 1 fully saturated rings. The first-order chi connectivity index (χ1) is 14.7. The Kier molecular flexibility index (Phi) is 6.32. The third-order valence-corrected chi connectivity index (χ3v) is 5.80. The van der Waals surface area contributed by atoms with Gasteiger partial charge in [-0.3, -0.25) is 0 Å². The van der Waals surface area contributed by atoms with Crippen LogP contribution in [0.2, 0.25) is 0 Å². The average Bonchev–Trinajstić information content (AvgIpc) is 3.38. The van der Waals surface area contributed by atoms with Crippen molar-refractivity contribution in [2.75, 3.05) is 48.4 Å². The first-order valence-corrected chi connectivity index (χ1v) is 9.95. The number of methoxy groups -OCH3 is 4. The molecule has 1 saturated heterocycles. The van der Waals surface area contributed by atoms with Crippen LogP contribution >= 0.6 is 0 Å². The van der Waals surface area contributed by atoms with Gasteiger partial charge in [0.15, 0.2) is 23.0 Å². The number of ether oxygens (including phenoxy) is 7. The molecule has 0 unspecified atom stereocenters. The van der Waals surface area contributed by atoms with E-state index in [-0.39, 0.29) is 30.8 Å². The van der Waals surface area contributed by atoms with Crippen molar-refractivity contribution in [1.29, 1.82) is 0 Å². The first kappa shape index (κ1) is 20.8. The van der Waals surface area contributed by atoms with Crippen LogP contribution in [0.4, 0.5) is 0 Å². The summed E-state index contributed by atoms with van der Waals surface area (Å²) >= 11 is 0. The van der Waals surface area contributed by atoms with Crippen molar-refractivity contribution < 1.29 is 33.2 Å². The third kappa shape index (κ3) is 3.80. The molecular weight excluding hydrogens is 388 g/mol. The molecule has 0 radical (unpaired) electrons. The smallest absolute Gasteiger partial charge is 0.231 e. The second-order valence-electron chi connectivity index (χ2n) is 7.44. The second kappa shape index (κ2) is 9.12. The van der Waals surface area contributed by atoms with E-state index in [1.54, 1.807) is 28.4 Å². The van der Waals surface area contributed by atoms with Gasteiger partial charge in [-0.1, -0.05) is 12.1 Å². The molecule has 0 saturated carbocycles. The number of hydrogen-bond donors (Lipinski definition) is 0. The Balaban J connectivity index is 1.70. The van der Waals surface area contributed by atoms with Gasteiger partial charge in [0.25, 0.3) is 0 Å². The SMILES string of the molecule is COC[C@@H]1[C@@H](COC)[C@H](c2ccc(OC)c(OC)c2)O[C@@H]1c1ccc2c(c1)OCO2. The first-order valence-electron chi connectivity index (χ1n) is 9.95. The Morgan fingerprint density at radius 2 is 1.33 bits per heavy atom. The predicted molar refractivity (Wildman–Crippen MR) is 109 cm³/mol. The molecule has 162 valence electrons. The highest BCUT2D eigenvalue weighted by molar-refractivity contribution is 5.46. The summed E-state index contributed by atoms with van der Waals surface area (Å²) in [4.78, 5) is 0. The summed E-state index contributed by atoms with van der Waals surface area (Å²) in [5, 5.41) is 0. The lowest BCUT2D eigenvalue weighted by molar-refractivity contribution is 0.0143. The predicted octanol–water partition coefficient (Wildman–Crippen LogP) is 3.77. The standard InChI is InChI=1S/C23H28O7/c1-24-11-16-17(12-25-2)23(15-6-8-19-21(10-15)29-13-28-19)30-22(16)14-5-7-18(26-3)20(9-14)27-4/h5-10,16-17,22-23H,11-13H2,1-4H3/t16-,17-,22+,23-/m1/s1. The molecule has 0 bridgehead atoms. The molecule has 4 atom stereocenters. The summed E-state index contributed by atoms with van der Waals surface area (Å²) in [5.74, 6) is 3.06. The van der Waals surface area contributed by atoms with Crippen molar-refractivity contribution in [1.82, 2.24) is 0 Å². The van der Waals surface area contributed by atoms with E-state index in [1.165, 1.54) is 0 Å². The second-order valence-corrected chi connectivity index (χ2v) is 7.44. The molecule has 0 aliphatic carbocycles. The lowest BCUT2D eigenvalue weighted by Gasteiger charge is -2.23. The molecule has 2 aliphatic heterocycles. The molecule has 7 heteroatoms. The molecule has 2 aromatic rings. The average molecular weight is 416 g/mol. The van der Waals surface area contributed by atoms with Gasteiger partial charge < -0.3 is 33.2 Å². The van der Waals surface area contributed by atoms with Crippen LogP contribution in [0.25, 0.3) is 0 Å². The van der Waals surface area contributed by atoms with Gasteiger partial charge in [-0.25, -0.2) is 0 Å². The fourth-order valence-electron chi connectivity index (χ4n) is 4.39. The van der Waals surface area contributed by atoms with Crippen molar-refractivity contribution >= 4 is 0 Å². The van der Waals surface area contributed by atoms with Crippen LogP contribution < -0.4 is 18.9 Å². The van der Waals surface area contributed by atoms with Gasteiger partial charge in [0.1, 0.15) is 0 Å². The molecule has 2 aromatic carbocycles. The minimum Gasteiger partial charge on any atom is -0.493 e. The molecule has 0 N–H and O–H groups in total. The van der Waals surface area contributed by atoms with E-state index in [9.17, 15) is 0 Å². The highest BCUT2D eigenvalue weighted by Gasteiger charge is 2.46. The van der Waals surface area contributed by atoms with Crippen molar-refractivity contribution in [3.05, 3.63) is 47.5 Å². The number of hydrogen-bond acceptors (Lipinski definition) is 7. The van der Waals surface area contributed by atoms with E-state index in [2.05, 4.69) is 0 Å². The maximum absolute atomic E-state index is 6.64. The van der Waals surface area contributed by atoms with Crippen LogP contribution in [0.1, 0.15) is 23.3 Å². The number of benzene rings is 2. The fourth-order valence-corrected chi connectivity index (χ4v) is 4.39. The Hall–Kier alpha value is -2.48. The van der Waals surface area contributed by atoms with Crippen molar-refractivity contribution in [3.63, 3.8) is 0 Å². The monoisotopic (exact) mass is 416 g/mol. The third-order valence-electron chi connectivity index (χ3n) is 5.80. The zero-order chi connectivity index (χ0) is 21.1. The molecular formula is C23H28O7. The Labute approximate surface area is 176 Å². The molecule has 0 amide bonds.